The quantitative estimate of drug-likeness (QED) is 0.855. The Morgan fingerprint density at radius 3 is 1.95 bits per heavy atom. The zero-order valence-corrected chi connectivity index (χ0v) is 14.5. The van der Waals surface area contributed by atoms with Crippen LogP contribution in [0, 0.1) is 5.41 Å². The number of carbonyl (C=O) groups is 2. The summed E-state index contributed by atoms with van der Waals surface area (Å²) in [5.74, 6) is 0.260. The normalized spacial score (nSPS) is 17.7. The Morgan fingerprint density at radius 1 is 1.00 bits per heavy atom. The number of nitrogens with one attached hydrogen (secondary N) is 1. The van der Waals surface area contributed by atoms with Crippen LogP contribution in [-0.4, -0.2) is 59.9 Å². The molecule has 5 nitrogen and oxygen atoms in total. The second-order valence-electron chi connectivity index (χ2n) is 7.60. The van der Waals surface area contributed by atoms with Crippen molar-refractivity contribution >= 4 is 11.8 Å². The molecule has 2 amide bonds. The van der Waals surface area contributed by atoms with Crippen LogP contribution >= 0.6 is 0 Å². The maximum absolute atomic E-state index is 12.2. The van der Waals surface area contributed by atoms with Gasteiger partial charge < -0.3 is 10.2 Å². The molecular formula is C16H31N3O2. The van der Waals surface area contributed by atoms with Gasteiger partial charge in [-0.15, -0.1) is 0 Å². The van der Waals surface area contributed by atoms with Gasteiger partial charge in [-0.25, -0.2) is 0 Å². The molecule has 1 rings (SSSR count). The summed E-state index contributed by atoms with van der Waals surface area (Å²) < 4.78 is 0. The van der Waals surface area contributed by atoms with Crippen LogP contribution in [-0.2, 0) is 9.59 Å². The second-order valence-corrected chi connectivity index (χ2v) is 7.60. The van der Waals surface area contributed by atoms with Gasteiger partial charge in [-0.1, -0.05) is 27.7 Å². The summed E-state index contributed by atoms with van der Waals surface area (Å²) in [5.41, 5.74) is -0.480. The molecule has 0 aromatic carbocycles. The number of carbonyl (C=O) groups excluding carboxylic acids is 2. The van der Waals surface area contributed by atoms with Gasteiger partial charge in [0.1, 0.15) is 0 Å². The molecule has 21 heavy (non-hydrogen) atoms. The summed E-state index contributed by atoms with van der Waals surface area (Å²) in [6.07, 6.45) is 0.909. The number of hydrogen-bond acceptors (Lipinski definition) is 3. The topological polar surface area (TPSA) is 52.7 Å². The van der Waals surface area contributed by atoms with Gasteiger partial charge in [0.05, 0.1) is 6.54 Å². The standard InChI is InChI=1S/C16H31N3O2/c1-7-16(5,6)17-13(20)12-18-8-10-19(11-9-18)14(21)15(2,3)4/h7-12H2,1-6H3,(H,17,20). The van der Waals surface area contributed by atoms with Crippen molar-refractivity contribution in [2.45, 2.75) is 53.5 Å². The van der Waals surface area contributed by atoms with Crippen molar-refractivity contribution in [1.82, 2.24) is 15.1 Å². The van der Waals surface area contributed by atoms with Gasteiger partial charge in [0.15, 0.2) is 0 Å². The van der Waals surface area contributed by atoms with Gasteiger partial charge in [0.25, 0.3) is 0 Å². The highest BCUT2D eigenvalue weighted by Gasteiger charge is 2.30. The molecule has 5 heteroatoms. The fraction of sp³-hybridized carbons (Fsp3) is 0.875. The number of amides is 2. The van der Waals surface area contributed by atoms with E-state index in [0.717, 1.165) is 19.5 Å². The molecule has 1 heterocycles. The minimum Gasteiger partial charge on any atom is -0.350 e. The Labute approximate surface area is 129 Å². The molecule has 0 saturated carbocycles. The van der Waals surface area contributed by atoms with Crippen molar-refractivity contribution in [3.63, 3.8) is 0 Å². The summed E-state index contributed by atoms with van der Waals surface area (Å²) in [7, 11) is 0. The van der Waals surface area contributed by atoms with Crippen molar-refractivity contribution in [1.29, 1.82) is 0 Å². The predicted molar refractivity (Wildman–Crippen MR) is 85.0 cm³/mol. The van der Waals surface area contributed by atoms with Crippen molar-refractivity contribution in [2.24, 2.45) is 5.41 Å². The maximum Gasteiger partial charge on any atom is 0.234 e. The van der Waals surface area contributed by atoms with Gasteiger partial charge in [-0.3, -0.25) is 14.5 Å². The first-order valence-electron chi connectivity index (χ1n) is 7.88. The van der Waals surface area contributed by atoms with E-state index < -0.39 is 0 Å². The lowest BCUT2D eigenvalue weighted by Crippen LogP contribution is -2.54. The van der Waals surface area contributed by atoms with E-state index in [-0.39, 0.29) is 22.8 Å². The molecule has 0 aromatic rings. The molecule has 1 fully saturated rings. The molecule has 1 aliphatic rings. The minimum absolute atomic E-state index is 0.0671. The SMILES string of the molecule is CCC(C)(C)NC(=O)CN1CCN(C(=O)C(C)(C)C)CC1. The van der Waals surface area contributed by atoms with Crippen LogP contribution in [0.25, 0.3) is 0 Å². The Balaban J connectivity index is 2.40. The van der Waals surface area contributed by atoms with Crippen molar-refractivity contribution in [3.05, 3.63) is 0 Å². The summed E-state index contributed by atoms with van der Waals surface area (Å²) in [4.78, 5) is 28.3. The highest BCUT2D eigenvalue weighted by atomic mass is 16.2. The molecule has 0 aromatic heterocycles. The molecule has 0 spiro atoms. The fourth-order valence-electron chi connectivity index (χ4n) is 2.29. The van der Waals surface area contributed by atoms with Crippen LogP contribution in [0.4, 0.5) is 0 Å². The van der Waals surface area contributed by atoms with Crippen LogP contribution in [0.2, 0.25) is 0 Å². The highest BCUT2D eigenvalue weighted by molar-refractivity contribution is 5.81. The van der Waals surface area contributed by atoms with E-state index in [1.807, 2.05) is 39.5 Å². The van der Waals surface area contributed by atoms with E-state index in [1.165, 1.54) is 0 Å². The molecule has 1 N–H and O–H groups in total. The van der Waals surface area contributed by atoms with Crippen molar-refractivity contribution < 1.29 is 9.59 Å². The largest absolute Gasteiger partial charge is 0.350 e. The van der Waals surface area contributed by atoms with E-state index in [2.05, 4.69) is 17.1 Å². The Kier molecular flexibility index (Phi) is 5.79. The van der Waals surface area contributed by atoms with Gasteiger partial charge in [0.2, 0.25) is 11.8 Å². The smallest absolute Gasteiger partial charge is 0.234 e. The van der Waals surface area contributed by atoms with Crippen molar-refractivity contribution in [3.8, 4) is 0 Å². The first kappa shape index (κ1) is 18.0. The van der Waals surface area contributed by atoms with Gasteiger partial charge in [-0.05, 0) is 20.3 Å². The van der Waals surface area contributed by atoms with E-state index >= 15 is 0 Å². The summed E-state index contributed by atoms with van der Waals surface area (Å²) in [6, 6.07) is 0. The Bertz CT molecular complexity index is 377. The molecular weight excluding hydrogens is 266 g/mol. The van der Waals surface area contributed by atoms with Crippen LogP contribution in [0.15, 0.2) is 0 Å². The van der Waals surface area contributed by atoms with Crippen LogP contribution in [0.3, 0.4) is 0 Å². The average molecular weight is 297 g/mol. The van der Waals surface area contributed by atoms with Crippen LogP contribution in [0.5, 0.6) is 0 Å². The molecule has 0 aliphatic carbocycles. The fourth-order valence-corrected chi connectivity index (χ4v) is 2.29. The van der Waals surface area contributed by atoms with E-state index in [4.69, 9.17) is 0 Å². The average Bonchev–Trinajstić information content (AvgIpc) is 2.37. The van der Waals surface area contributed by atoms with Crippen molar-refractivity contribution in [2.75, 3.05) is 32.7 Å². The van der Waals surface area contributed by atoms with Gasteiger partial charge in [0, 0.05) is 37.1 Å². The molecule has 1 saturated heterocycles. The molecule has 0 unspecified atom stereocenters. The highest BCUT2D eigenvalue weighted by Crippen LogP contribution is 2.18. The lowest BCUT2D eigenvalue weighted by Gasteiger charge is -2.37. The predicted octanol–water partition coefficient (Wildman–Crippen LogP) is 1.48. The number of nitrogens with zero attached hydrogens (tertiary/aromatic N) is 2. The third-order valence-electron chi connectivity index (χ3n) is 4.03. The first-order valence-corrected chi connectivity index (χ1v) is 7.88. The molecule has 0 bridgehead atoms. The monoisotopic (exact) mass is 297 g/mol. The van der Waals surface area contributed by atoms with Crippen LogP contribution in [0.1, 0.15) is 48.0 Å². The minimum atomic E-state index is -0.329. The second kappa shape index (κ2) is 6.77. The molecule has 0 atom stereocenters. The number of rotatable bonds is 4. The molecule has 0 radical (unpaired) electrons. The third kappa shape index (κ3) is 5.65. The summed E-state index contributed by atoms with van der Waals surface area (Å²) >= 11 is 0. The Morgan fingerprint density at radius 2 is 1.52 bits per heavy atom. The van der Waals surface area contributed by atoms with E-state index in [1.54, 1.807) is 0 Å². The lowest BCUT2D eigenvalue weighted by atomic mass is 9.94. The Hall–Kier alpha value is -1.10. The maximum atomic E-state index is 12.2. The lowest BCUT2D eigenvalue weighted by molar-refractivity contribution is -0.141. The first-order chi connectivity index (χ1) is 9.55. The molecule has 1 aliphatic heterocycles. The number of piperazine rings is 1. The third-order valence-corrected chi connectivity index (χ3v) is 4.03. The van der Waals surface area contributed by atoms with E-state index in [0.29, 0.717) is 19.6 Å². The molecule has 122 valence electrons. The summed E-state index contributed by atoms with van der Waals surface area (Å²) in [6.45, 7) is 15.3. The van der Waals surface area contributed by atoms with Crippen LogP contribution < -0.4 is 5.32 Å². The zero-order chi connectivity index (χ0) is 16.3. The number of hydrogen-bond donors (Lipinski definition) is 1. The van der Waals surface area contributed by atoms with Gasteiger partial charge in [-0.2, -0.15) is 0 Å². The van der Waals surface area contributed by atoms with E-state index in [9.17, 15) is 9.59 Å². The zero-order valence-electron chi connectivity index (χ0n) is 14.5. The summed E-state index contributed by atoms with van der Waals surface area (Å²) in [5, 5.41) is 3.05. The van der Waals surface area contributed by atoms with Gasteiger partial charge >= 0.3 is 0 Å².